The number of carbonyl (C=O) groups excluding carboxylic acids is 2. The molecule has 0 fully saturated rings. The predicted octanol–water partition coefficient (Wildman–Crippen LogP) is 4.43. The van der Waals surface area contributed by atoms with Gasteiger partial charge in [0.15, 0.2) is 5.13 Å². The maximum absolute atomic E-state index is 12.8. The molecular formula is C23H22N4O4S. The lowest BCUT2D eigenvalue weighted by atomic mass is 9.97. The van der Waals surface area contributed by atoms with E-state index in [1.807, 2.05) is 38.1 Å². The minimum atomic E-state index is -0.636. The number of urea groups is 1. The molecule has 0 bridgehead atoms. The smallest absolute Gasteiger partial charge is 0.343 e. The van der Waals surface area contributed by atoms with Gasteiger partial charge in [-0.25, -0.2) is 14.6 Å². The van der Waals surface area contributed by atoms with Gasteiger partial charge in [-0.1, -0.05) is 17.4 Å². The standard InChI is InChI=1S/C23H22N4O4S/c1-4-24-22(30)27-23-26-18-9-13(6-7-19(18)32-23)14-10-17-15(8-12(14)3)20(28)16(11-25-17)21(29)31-5-2/h6-11H,4-5H2,1-3H3,(H,25,28)(H2,24,26,27,30). The lowest BCUT2D eigenvalue weighted by Gasteiger charge is -2.10. The number of pyridine rings is 1. The van der Waals surface area contributed by atoms with Crippen molar-refractivity contribution in [2.24, 2.45) is 0 Å². The van der Waals surface area contributed by atoms with Gasteiger partial charge in [-0.3, -0.25) is 10.1 Å². The van der Waals surface area contributed by atoms with Gasteiger partial charge in [0.25, 0.3) is 0 Å². The van der Waals surface area contributed by atoms with Crippen LogP contribution in [0.1, 0.15) is 29.8 Å². The van der Waals surface area contributed by atoms with Crippen LogP contribution in [0, 0.1) is 6.92 Å². The number of aromatic nitrogens is 2. The average Bonchev–Trinajstić information content (AvgIpc) is 3.15. The second-order valence-electron chi connectivity index (χ2n) is 7.15. The molecule has 3 N–H and O–H groups in total. The van der Waals surface area contributed by atoms with Gasteiger partial charge in [-0.15, -0.1) is 0 Å². The van der Waals surface area contributed by atoms with Crippen molar-refractivity contribution in [3.05, 3.63) is 57.9 Å². The van der Waals surface area contributed by atoms with Crippen molar-refractivity contribution >= 4 is 49.6 Å². The zero-order valence-electron chi connectivity index (χ0n) is 17.9. The Morgan fingerprint density at radius 3 is 2.75 bits per heavy atom. The average molecular weight is 451 g/mol. The van der Waals surface area contributed by atoms with Gasteiger partial charge >= 0.3 is 12.0 Å². The van der Waals surface area contributed by atoms with Crippen molar-refractivity contribution in [3.8, 4) is 11.1 Å². The number of H-pyrrole nitrogens is 1. The highest BCUT2D eigenvalue weighted by Crippen LogP contribution is 2.32. The molecule has 0 aliphatic carbocycles. The first-order valence-electron chi connectivity index (χ1n) is 10.2. The van der Waals surface area contributed by atoms with E-state index in [-0.39, 0.29) is 23.6 Å². The molecule has 2 heterocycles. The molecule has 9 heteroatoms. The van der Waals surface area contributed by atoms with Crippen LogP contribution in [-0.2, 0) is 4.74 Å². The maximum atomic E-state index is 12.8. The summed E-state index contributed by atoms with van der Waals surface area (Å²) in [6.45, 7) is 6.20. The molecule has 0 aliphatic heterocycles. The molecule has 0 spiro atoms. The quantitative estimate of drug-likeness (QED) is 0.389. The Kier molecular flexibility index (Phi) is 5.91. The minimum absolute atomic E-state index is 0.0115. The molecule has 2 aromatic heterocycles. The molecule has 32 heavy (non-hydrogen) atoms. The van der Waals surface area contributed by atoms with Gasteiger partial charge in [0.05, 0.1) is 16.8 Å². The zero-order chi connectivity index (χ0) is 22.8. The van der Waals surface area contributed by atoms with E-state index in [0.717, 1.165) is 26.9 Å². The number of thiazole rings is 1. The Morgan fingerprint density at radius 2 is 2.00 bits per heavy atom. The van der Waals surface area contributed by atoms with Crippen LogP contribution in [0.2, 0.25) is 0 Å². The second kappa shape index (κ2) is 8.80. The number of anilines is 1. The van der Waals surface area contributed by atoms with E-state index in [2.05, 4.69) is 20.6 Å². The maximum Gasteiger partial charge on any atom is 0.343 e. The summed E-state index contributed by atoms with van der Waals surface area (Å²) in [4.78, 5) is 44.1. The van der Waals surface area contributed by atoms with Gasteiger partial charge in [0.2, 0.25) is 5.43 Å². The van der Waals surface area contributed by atoms with Crippen molar-refractivity contribution in [1.82, 2.24) is 15.3 Å². The number of nitrogens with one attached hydrogen (secondary N) is 3. The Balaban J connectivity index is 1.73. The number of rotatable bonds is 5. The third-order valence-corrected chi connectivity index (χ3v) is 5.93. The topological polar surface area (TPSA) is 113 Å². The number of aryl methyl sites for hydroxylation is 1. The number of ether oxygens (including phenoxy) is 1. The number of esters is 1. The van der Waals surface area contributed by atoms with Crippen LogP contribution >= 0.6 is 11.3 Å². The number of fused-ring (bicyclic) bond motifs is 2. The first-order chi connectivity index (χ1) is 15.4. The van der Waals surface area contributed by atoms with Crippen LogP contribution in [0.3, 0.4) is 0 Å². The molecule has 0 radical (unpaired) electrons. The van der Waals surface area contributed by atoms with Gasteiger partial charge in [-0.2, -0.15) is 0 Å². The van der Waals surface area contributed by atoms with Crippen LogP contribution in [0.15, 0.2) is 41.3 Å². The van der Waals surface area contributed by atoms with E-state index in [1.54, 1.807) is 13.0 Å². The van der Waals surface area contributed by atoms with Gasteiger partial charge in [0.1, 0.15) is 5.56 Å². The summed E-state index contributed by atoms with van der Waals surface area (Å²) < 4.78 is 5.92. The third-order valence-electron chi connectivity index (χ3n) is 4.98. The minimum Gasteiger partial charge on any atom is -0.462 e. The number of hydrogen-bond donors (Lipinski definition) is 3. The van der Waals surface area contributed by atoms with Crippen molar-refractivity contribution in [2.45, 2.75) is 20.8 Å². The van der Waals surface area contributed by atoms with Crippen LogP contribution in [0.25, 0.3) is 32.2 Å². The number of hydrogen-bond acceptors (Lipinski definition) is 6. The molecule has 0 saturated carbocycles. The molecule has 4 rings (SSSR count). The highest BCUT2D eigenvalue weighted by atomic mass is 32.1. The summed E-state index contributed by atoms with van der Waals surface area (Å²) in [7, 11) is 0. The summed E-state index contributed by atoms with van der Waals surface area (Å²) in [5.74, 6) is -0.636. The lowest BCUT2D eigenvalue weighted by molar-refractivity contribution is 0.0524. The number of amides is 2. The molecule has 8 nitrogen and oxygen atoms in total. The van der Waals surface area contributed by atoms with Crippen molar-refractivity contribution in [2.75, 3.05) is 18.5 Å². The first-order valence-corrected chi connectivity index (χ1v) is 11.0. The van der Waals surface area contributed by atoms with Crippen molar-refractivity contribution in [3.63, 3.8) is 0 Å². The SMILES string of the molecule is CCNC(=O)Nc1nc2cc(-c3cc4[nH]cc(C(=O)OCC)c(=O)c4cc3C)ccc2s1. The summed E-state index contributed by atoms with van der Waals surface area (Å²) in [5, 5.41) is 6.37. The van der Waals surface area contributed by atoms with E-state index in [1.165, 1.54) is 17.5 Å². The molecule has 4 aromatic rings. The van der Waals surface area contributed by atoms with E-state index < -0.39 is 5.97 Å². The summed E-state index contributed by atoms with van der Waals surface area (Å²) in [6.07, 6.45) is 1.39. The Bertz CT molecular complexity index is 1410. The van der Waals surface area contributed by atoms with Crippen LogP contribution in [-0.4, -0.2) is 35.1 Å². The first kappa shape index (κ1) is 21.5. The molecule has 0 unspecified atom stereocenters. The van der Waals surface area contributed by atoms with Crippen molar-refractivity contribution in [1.29, 1.82) is 0 Å². The summed E-state index contributed by atoms with van der Waals surface area (Å²) >= 11 is 1.40. The van der Waals surface area contributed by atoms with Crippen LogP contribution in [0.4, 0.5) is 9.93 Å². The number of carbonyl (C=O) groups is 2. The number of nitrogens with zero attached hydrogens (tertiary/aromatic N) is 1. The van der Waals surface area contributed by atoms with Gasteiger partial charge in [-0.05, 0) is 61.7 Å². The van der Waals surface area contributed by atoms with Crippen molar-refractivity contribution < 1.29 is 14.3 Å². The highest BCUT2D eigenvalue weighted by molar-refractivity contribution is 7.22. The Labute approximate surface area is 187 Å². The molecule has 0 saturated heterocycles. The van der Waals surface area contributed by atoms with Gasteiger partial charge < -0.3 is 15.0 Å². The monoisotopic (exact) mass is 450 g/mol. The highest BCUT2D eigenvalue weighted by Gasteiger charge is 2.16. The van der Waals surface area contributed by atoms with Crippen LogP contribution < -0.4 is 16.1 Å². The number of benzene rings is 2. The molecular weight excluding hydrogens is 428 g/mol. The fourth-order valence-electron chi connectivity index (χ4n) is 3.50. The summed E-state index contributed by atoms with van der Waals surface area (Å²) in [6, 6.07) is 9.27. The normalized spacial score (nSPS) is 11.0. The third kappa shape index (κ3) is 4.06. The lowest BCUT2D eigenvalue weighted by Crippen LogP contribution is -2.28. The molecule has 2 amide bonds. The van der Waals surface area contributed by atoms with E-state index >= 15 is 0 Å². The van der Waals surface area contributed by atoms with E-state index in [4.69, 9.17) is 4.74 Å². The molecule has 0 aliphatic rings. The van der Waals surface area contributed by atoms with Gasteiger partial charge in [0, 0.05) is 23.6 Å². The fraction of sp³-hybridized carbons (Fsp3) is 0.217. The largest absolute Gasteiger partial charge is 0.462 e. The summed E-state index contributed by atoms with van der Waals surface area (Å²) in [5.41, 5.74) is 3.78. The molecule has 2 aromatic carbocycles. The Morgan fingerprint density at radius 1 is 1.19 bits per heavy atom. The number of aromatic amines is 1. The van der Waals surface area contributed by atoms with E-state index in [9.17, 15) is 14.4 Å². The zero-order valence-corrected chi connectivity index (χ0v) is 18.7. The molecule has 164 valence electrons. The van der Waals surface area contributed by atoms with Crippen LogP contribution in [0.5, 0.6) is 0 Å². The second-order valence-corrected chi connectivity index (χ2v) is 8.18. The molecule has 0 atom stereocenters. The Hall–Kier alpha value is -3.72. The predicted molar refractivity (Wildman–Crippen MR) is 127 cm³/mol. The fourth-order valence-corrected chi connectivity index (χ4v) is 4.34. The van der Waals surface area contributed by atoms with E-state index in [0.29, 0.717) is 22.6 Å².